The zero-order valence-corrected chi connectivity index (χ0v) is 10.1. The lowest BCUT2D eigenvalue weighted by Gasteiger charge is -2.35. The van der Waals surface area contributed by atoms with Crippen LogP contribution in [0.4, 0.5) is 0 Å². The fraction of sp³-hybridized carbons (Fsp3) is 0.909. The highest BCUT2D eigenvalue weighted by molar-refractivity contribution is 5.76. The Morgan fingerprint density at radius 1 is 1.38 bits per heavy atom. The van der Waals surface area contributed by atoms with Crippen LogP contribution in [0.15, 0.2) is 0 Å². The molecule has 0 aromatic heterocycles. The van der Waals surface area contributed by atoms with E-state index in [9.17, 15) is 14.9 Å². The van der Waals surface area contributed by atoms with Gasteiger partial charge in [0, 0.05) is 17.3 Å². The van der Waals surface area contributed by atoms with Crippen molar-refractivity contribution in [1.29, 1.82) is 0 Å². The molecular weight excluding hydrogens is 210 g/mol. The minimum Gasteiger partial charge on any atom is -0.469 e. The lowest BCUT2D eigenvalue weighted by Crippen LogP contribution is -2.45. The number of hydrogen-bond donors (Lipinski definition) is 0. The molecule has 5 heteroatoms. The first-order valence-corrected chi connectivity index (χ1v) is 5.63. The highest BCUT2D eigenvalue weighted by atomic mass is 16.6. The summed E-state index contributed by atoms with van der Waals surface area (Å²) in [5.74, 6) is -0.574. The van der Waals surface area contributed by atoms with E-state index in [1.54, 1.807) is 13.8 Å². The molecule has 1 aliphatic carbocycles. The Labute approximate surface area is 95.3 Å². The SMILES string of the molecule is COC(=O)C(C)(C)C1CCCCC1[N+](=O)[O-]. The Kier molecular flexibility index (Phi) is 3.88. The molecule has 1 aliphatic rings. The first-order chi connectivity index (χ1) is 7.41. The minimum absolute atomic E-state index is 0.219. The molecule has 0 saturated heterocycles. The average Bonchev–Trinajstić information content (AvgIpc) is 2.27. The van der Waals surface area contributed by atoms with Crippen LogP contribution in [0.5, 0.6) is 0 Å². The Bertz CT molecular complexity index is 288. The predicted octanol–water partition coefficient (Wildman–Crippen LogP) is 2.02. The van der Waals surface area contributed by atoms with E-state index >= 15 is 0 Å². The molecule has 0 N–H and O–H groups in total. The molecule has 0 amide bonds. The molecule has 16 heavy (non-hydrogen) atoms. The van der Waals surface area contributed by atoms with Gasteiger partial charge in [0.15, 0.2) is 0 Å². The molecule has 5 nitrogen and oxygen atoms in total. The van der Waals surface area contributed by atoms with Gasteiger partial charge in [0.25, 0.3) is 0 Å². The lowest BCUT2D eigenvalue weighted by atomic mass is 9.68. The molecule has 1 fully saturated rings. The van der Waals surface area contributed by atoms with Gasteiger partial charge < -0.3 is 4.74 Å². The second kappa shape index (κ2) is 4.80. The van der Waals surface area contributed by atoms with Gasteiger partial charge in [-0.05, 0) is 26.7 Å². The highest BCUT2D eigenvalue weighted by Gasteiger charge is 2.48. The summed E-state index contributed by atoms with van der Waals surface area (Å²) in [5, 5.41) is 11.0. The summed E-state index contributed by atoms with van der Waals surface area (Å²) in [6, 6.07) is -0.608. The van der Waals surface area contributed by atoms with Gasteiger partial charge in [-0.2, -0.15) is 0 Å². The van der Waals surface area contributed by atoms with Crippen molar-refractivity contribution in [2.24, 2.45) is 11.3 Å². The molecule has 0 bridgehead atoms. The summed E-state index contributed by atoms with van der Waals surface area (Å²) in [6.45, 7) is 3.48. The molecule has 0 aliphatic heterocycles. The van der Waals surface area contributed by atoms with Crippen LogP contribution in [0.1, 0.15) is 39.5 Å². The van der Waals surface area contributed by atoms with Crippen molar-refractivity contribution < 1.29 is 14.5 Å². The number of carbonyl (C=O) groups is 1. The molecule has 2 atom stereocenters. The van der Waals surface area contributed by atoms with Gasteiger partial charge in [0.2, 0.25) is 6.04 Å². The summed E-state index contributed by atoms with van der Waals surface area (Å²) >= 11 is 0. The number of methoxy groups -OCH3 is 1. The van der Waals surface area contributed by atoms with Crippen LogP contribution in [0.25, 0.3) is 0 Å². The van der Waals surface area contributed by atoms with Crippen molar-refractivity contribution in [1.82, 2.24) is 0 Å². The number of nitrogens with zero attached hydrogens (tertiary/aromatic N) is 1. The standard InChI is InChI=1S/C11H19NO4/c1-11(2,10(13)16-3)8-6-4-5-7-9(8)12(14)15/h8-9H,4-7H2,1-3H3. The average molecular weight is 229 g/mol. The number of ether oxygens (including phenoxy) is 1. The van der Waals surface area contributed by atoms with Gasteiger partial charge in [-0.25, -0.2) is 0 Å². The maximum Gasteiger partial charge on any atom is 0.311 e. The van der Waals surface area contributed by atoms with Gasteiger partial charge in [0.05, 0.1) is 12.5 Å². The zero-order chi connectivity index (χ0) is 12.3. The molecule has 0 spiro atoms. The molecule has 0 radical (unpaired) electrons. The summed E-state index contributed by atoms with van der Waals surface area (Å²) < 4.78 is 4.73. The Morgan fingerprint density at radius 2 is 1.94 bits per heavy atom. The smallest absolute Gasteiger partial charge is 0.311 e. The van der Waals surface area contributed by atoms with E-state index in [1.807, 2.05) is 0 Å². The Balaban J connectivity index is 2.90. The number of rotatable bonds is 3. The second-order valence-corrected chi connectivity index (χ2v) is 4.96. The van der Waals surface area contributed by atoms with Crippen LogP contribution in [-0.2, 0) is 9.53 Å². The molecule has 1 saturated carbocycles. The van der Waals surface area contributed by atoms with Gasteiger partial charge in [-0.3, -0.25) is 14.9 Å². The van der Waals surface area contributed by atoms with Crippen LogP contribution < -0.4 is 0 Å². The van der Waals surface area contributed by atoms with E-state index in [2.05, 4.69) is 0 Å². The third-order valence-electron chi connectivity index (χ3n) is 3.64. The summed E-state index contributed by atoms with van der Waals surface area (Å²) in [5.41, 5.74) is -0.771. The lowest BCUT2D eigenvalue weighted by molar-refractivity contribution is -0.539. The first kappa shape index (κ1) is 12.9. The Hall–Kier alpha value is -1.13. The molecule has 92 valence electrons. The normalized spacial score (nSPS) is 26.2. The zero-order valence-electron chi connectivity index (χ0n) is 10.1. The van der Waals surface area contributed by atoms with Crippen molar-refractivity contribution in [3.05, 3.63) is 10.1 Å². The maximum absolute atomic E-state index is 11.7. The van der Waals surface area contributed by atoms with E-state index < -0.39 is 11.5 Å². The monoisotopic (exact) mass is 229 g/mol. The van der Waals surface area contributed by atoms with Crippen LogP contribution in [0, 0.1) is 21.4 Å². The van der Waals surface area contributed by atoms with E-state index in [-0.39, 0.29) is 16.8 Å². The molecule has 0 heterocycles. The summed E-state index contributed by atoms with van der Waals surface area (Å²) in [6.07, 6.45) is 3.13. The fourth-order valence-corrected chi connectivity index (χ4v) is 2.62. The van der Waals surface area contributed by atoms with Crippen LogP contribution in [0.2, 0.25) is 0 Å². The second-order valence-electron chi connectivity index (χ2n) is 4.96. The van der Waals surface area contributed by atoms with Crippen LogP contribution >= 0.6 is 0 Å². The summed E-state index contributed by atoms with van der Waals surface area (Å²) in [7, 11) is 1.33. The van der Waals surface area contributed by atoms with Gasteiger partial charge >= 0.3 is 5.97 Å². The number of esters is 1. The predicted molar refractivity (Wildman–Crippen MR) is 58.5 cm³/mol. The molecule has 2 unspecified atom stereocenters. The van der Waals surface area contributed by atoms with E-state index in [0.717, 1.165) is 19.3 Å². The van der Waals surface area contributed by atoms with Crippen molar-refractivity contribution in [3.8, 4) is 0 Å². The summed E-state index contributed by atoms with van der Waals surface area (Å²) in [4.78, 5) is 22.4. The maximum atomic E-state index is 11.7. The number of nitro groups is 1. The fourth-order valence-electron chi connectivity index (χ4n) is 2.62. The largest absolute Gasteiger partial charge is 0.469 e. The van der Waals surface area contributed by atoms with E-state index in [4.69, 9.17) is 4.74 Å². The van der Waals surface area contributed by atoms with Crippen LogP contribution in [0.3, 0.4) is 0 Å². The molecular formula is C11H19NO4. The van der Waals surface area contributed by atoms with Gasteiger partial charge in [-0.1, -0.05) is 6.42 Å². The minimum atomic E-state index is -0.771. The van der Waals surface area contributed by atoms with Crippen molar-refractivity contribution in [3.63, 3.8) is 0 Å². The molecule has 0 aromatic carbocycles. The quantitative estimate of drug-likeness (QED) is 0.421. The molecule has 1 rings (SSSR count). The topological polar surface area (TPSA) is 69.4 Å². The molecule has 0 aromatic rings. The third kappa shape index (κ3) is 2.33. The Morgan fingerprint density at radius 3 is 2.44 bits per heavy atom. The van der Waals surface area contributed by atoms with E-state index in [0.29, 0.717) is 6.42 Å². The van der Waals surface area contributed by atoms with E-state index in [1.165, 1.54) is 7.11 Å². The van der Waals surface area contributed by atoms with Crippen molar-refractivity contribution in [2.45, 2.75) is 45.6 Å². The first-order valence-electron chi connectivity index (χ1n) is 5.63. The number of carbonyl (C=O) groups excluding carboxylic acids is 1. The van der Waals surface area contributed by atoms with Crippen molar-refractivity contribution in [2.75, 3.05) is 7.11 Å². The highest BCUT2D eigenvalue weighted by Crippen LogP contribution is 2.40. The van der Waals surface area contributed by atoms with Gasteiger partial charge in [0.1, 0.15) is 0 Å². The van der Waals surface area contributed by atoms with Gasteiger partial charge in [-0.15, -0.1) is 0 Å². The van der Waals surface area contributed by atoms with Crippen molar-refractivity contribution >= 4 is 5.97 Å². The van der Waals surface area contributed by atoms with Crippen LogP contribution in [-0.4, -0.2) is 24.0 Å². The number of hydrogen-bond acceptors (Lipinski definition) is 4. The third-order valence-corrected chi connectivity index (χ3v) is 3.64.